The second-order valence-electron chi connectivity index (χ2n) is 4.77. The molecule has 0 radical (unpaired) electrons. The lowest BCUT2D eigenvalue weighted by molar-refractivity contribution is -0.186. The number of hydrogen-bond donors (Lipinski definition) is 1. The van der Waals surface area contributed by atoms with Gasteiger partial charge >= 0.3 is 0 Å². The number of nitrogens with one attached hydrogen (secondary N) is 1. The van der Waals surface area contributed by atoms with E-state index < -0.39 is 15.8 Å². The van der Waals surface area contributed by atoms with E-state index in [0.717, 1.165) is 25.7 Å². The summed E-state index contributed by atoms with van der Waals surface area (Å²) >= 11 is 0. The van der Waals surface area contributed by atoms with Gasteiger partial charge in [-0.05, 0) is 19.8 Å². The van der Waals surface area contributed by atoms with E-state index in [0.29, 0.717) is 13.2 Å². The fraction of sp³-hybridized carbons (Fsp3) is 1.00. The van der Waals surface area contributed by atoms with Crippen LogP contribution in [0.1, 0.15) is 39.0 Å². The Morgan fingerprint density at radius 3 is 2.65 bits per heavy atom. The summed E-state index contributed by atoms with van der Waals surface area (Å²) in [6, 6.07) is 0. The summed E-state index contributed by atoms with van der Waals surface area (Å²) in [7, 11) is -3.13. The molecule has 0 aromatic rings. The minimum absolute atomic E-state index is 0.103. The van der Waals surface area contributed by atoms with Crippen molar-refractivity contribution in [2.75, 3.05) is 18.9 Å². The van der Waals surface area contributed by atoms with E-state index >= 15 is 0 Å². The van der Waals surface area contributed by atoms with Crippen molar-refractivity contribution in [2.45, 2.75) is 50.9 Å². The Hall–Kier alpha value is -0.170. The Bertz CT molecular complexity index is 348. The first-order valence-electron chi connectivity index (χ1n) is 6.34. The van der Waals surface area contributed by atoms with E-state index in [1.165, 1.54) is 6.42 Å². The third kappa shape index (κ3) is 3.40. The van der Waals surface area contributed by atoms with Gasteiger partial charge in [0, 0.05) is 19.4 Å². The van der Waals surface area contributed by atoms with Gasteiger partial charge < -0.3 is 9.47 Å². The van der Waals surface area contributed by atoms with Crippen LogP contribution >= 0.6 is 0 Å². The smallest absolute Gasteiger partial charge is 0.211 e. The molecule has 5 nitrogen and oxygen atoms in total. The van der Waals surface area contributed by atoms with Crippen LogP contribution in [-0.2, 0) is 19.5 Å². The number of rotatable bonds is 4. The lowest BCUT2D eigenvalue weighted by Gasteiger charge is -2.31. The summed E-state index contributed by atoms with van der Waals surface area (Å²) in [6.07, 6.45) is 5.23. The SMILES string of the molecule is CCS(=O)(=O)NC[C@H]1COC2(CCCCC2)O1. The van der Waals surface area contributed by atoms with E-state index in [9.17, 15) is 8.42 Å². The predicted octanol–water partition coefficient (Wildman–Crippen LogP) is 1.00. The van der Waals surface area contributed by atoms with E-state index in [-0.39, 0.29) is 11.9 Å². The largest absolute Gasteiger partial charge is 0.347 e. The van der Waals surface area contributed by atoms with Gasteiger partial charge in [0.2, 0.25) is 10.0 Å². The molecule has 2 aliphatic rings. The van der Waals surface area contributed by atoms with Gasteiger partial charge in [0.1, 0.15) is 0 Å². The van der Waals surface area contributed by atoms with Gasteiger partial charge in [-0.25, -0.2) is 13.1 Å². The minimum Gasteiger partial charge on any atom is -0.347 e. The molecular weight excluding hydrogens is 242 g/mol. The van der Waals surface area contributed by atoms with Crippen LogP contribution in [0.5, 0.6) is 0 Å². The van der Waals surface area contributed by atoms with Gasteiger partial charge in [-0.2, -0.15) is 0 Å². The highest BCUT2D eigenvalue weighted by Gasteiger charge is 2.42. The normalized spacial score (nSPS) is 28.6. The van der Waals surface area contributed by atoms with E-state index in [2.05, 4.69) is 4.72 Å². The molecule has 2 fully saturated rings. The molecular formula is C11H21NO4S. The molecule has 1 spiro atoms. The minimum atomic E-state index is -3.13. The third-order valence-corrected chi connectivity index (χ3v) is 4.81. The molecule has 1 aliphatic carbocycles. The van der Waals surface area contributed by atoms with Gasteiger partial charge in [-0.1, -0.05) is 6.42 Å². The Morgan fingerprint density at radius 2 is 2.00 bits per heavy atom. The highest BCUT2D eigenvalue weighted by atomic mass is 32.2. The van der Waals surface area contributed by atoms with Gasteiger partial charge in [0.25, 0.3) is 0 Å². The van der Waals surface area contributed by atoms with Crippen LogP contribution in [0, 0.1) is 0 Å². The molecule has 1 N–H and O–H groups in total. The molecule has 0 aromatic carbocycles. The zero-order valence-electron chi connectivity index (χ0n) is 10.3. The van der Waals surface area contributed by atoms with Crippen LogP contribution in [0.3, 0.4) is 0 Å². The zero-order valence-corrected chi connectivity index (χ0v) is 11.1. The van der Waals surface area contributed by atoms with Crippen molar-refractivity contribution in [1.29, 1.82) is 0 Å². The van der Waals surface area contributed by atoms with Gasteiger partial charge in [0.15, 0.2) is 5.79 Å². The lowest BCUT2D eigenvalue weighted by Crippen LogP contribution is -2.37. The van der Waals surface area contributed by atoms with Crippen LogP contribution in [0.15, 0.2) is 0 Å². The van der Waals surface area contributed by atoms with Crippen molar-refractivity contribution in [3.63, 3.8) is 0 Å². The van der Waals surface area contributed by atoms with Crippen LogP contribution in [0.25, 0.3) is 0 Å². The van der Waals surface area contributed by atoms with Crippen molar-refractivity contribution in [2.24, 2.45) is 0 Å². The maximum absolute atomic E-state index is 11.3. The topological polar surface area (TPSA) is 64.6 Å². The van der Waals surface area contributed by atoms with E-state index in [1.807, 2.05) is 0 Å². The average Bonchev–Trinajstić information content (AvgIpc) is 2.71. The zero-order chi connectivity index (χ0) is 12.4. The molecule has 0 amide bonds. The van der Waals surface area contributed by atoms with Crippen LogP contribution in [0.4, 0.5) is 0 Å². The fourth-order valence-corrected chi connectivity index (χ4v) is 3.04. The maximum Gasteiger partial charge on any atom is 0.211 e. The standard InChI is InChI=1S/C11H21NO4S/c1-2-17(13,14)12-8-10-9-15-11(16-10)6-4-3-5-7-11/h10,12H,2-9H2,1H3/t10-/m0/s1. The first kappa shape index (κ1) is 13.3. The van der Waals surface area contributed by atoms with Gasteiger partial charge in [0.05, 0.1) is 18.5 Å². The molecule has 100 valence electrons. The predicted molar refractivity (Wildman–Crippen MR) is 64.1 cm³/mol. The quantitative estimate of drug-likeness (QED) is 0.822. The molecule has 1 heterocycles. The van der Waals surface area contributed by atoms with Gasteiger partial charge in [-0.3, -0.25) is 0 Å². The summed E-state index contributed by atoms with van der Waals surface area (Å²) in [5, 5.41) is 0. The Balaban J connectivity index is 1.82. The molecule has 1 saturated carbocycles. The Morgan fingerprint density at radius 1 is 1.29 bits per heavy atom. The first-order valence-corrected chi connectivity index (χ1v) is 8.00. The molecule has 0 bridgehead atoms. The highest BCUT2D eigenvalue weighted by molar-refractivity contribution is 7.89. The van der Waals surface area contributed by atoms with Crippen LogP contribution in [0.2, 0.25) is 0 Å². The Kier molecular flexibility index (Phi) is 4.07. The molecule has 1 saturated heterocycles. The van der Waals surface area contributed by atoms with E-state index in [4.69, 9.17) is 9.47 Å². The molecule has 1 atom stereocenters. The van der Waals surface area contributed by atoms with Gasteiger partial charge in [-0.15, -0.1) is 0 Å². The second kappa shape index (κ2) is 5.22. The van der Waals surface area contributed by atoms with Crippen molar-refractivity contribution < 1.29 is 17.9 Å². The number of sulfonamides is 1. The monoisotopic (exact) mass is 263 g/mol. The molecule has 2 rings (SSSR count). The fourth-order valence-electron chi connectivity index (χ4n) is 2.39. The third-order valence-electron chi connectivity index (χ3n) is 3.44. The number of ether oxygens (including phenoxy) is 2. The first-order chi connectivity index (χ1) is 8.05. The molecule has 0 unspecified atom stereocenters. The maximum atomic E-state index is 11.3. The summed E-state index contributed by atoms with van der Waals surface area (Å²) in [6.45, 7) is 2.43. The summed E-state index contributed by atoms with van der Waals surface area (Å²) < 4.78 is 36.8. The Labute approximate surface area is 103 Å². The summed E-state index contributed by atoms with van der Waals surface area (Å²) in [4.78, 5) is 0. The molecule has 6 heteroatoms. The summed E-state index contributed by atoms with van der Waals surface area (Å²) in [5.41, 5.74) is 0. The highest BCUT2D eigenvalue weighted by Crippen LogP contribution is 2.37. The van der Waals surface area contributed by atoms with Crippen molar-refractivity contribution in [1.82, 2.24) is 4.72 Å². The van der Waals surface area contributed by atoms with Crippen LogP contribution in [-0.4, -0.2) is 39.2 Å². The number of hydrogen-bond acceptors (Lipinski definition) is 4. The van der Waals surface area contributed by atoms with Crippen molar-refractivity contribution in [3.8, 4) is 0 Å². The lowest BCUT2D eigenvalue weighted by atomic mass is 9.94. The molecule has 1 aliphatic heterocycles. The summed E-state index contributed by atoms with van der Waals surface area (Å²) in [5.74, 6) is -0.313. The van der Waals surface area contributed by atoms with E-state index in [1.54, 1.807) is 6.92 Å². The van der Waals surface area contributed by atoms with Crippen LogP contribution < -0.4 is 4.72 Å². The molecule has 17 heavy (non-hydrogen) atoms. The molecule has 0 aromatic heterocycles. The van der Waals surface area contributed by atoms with Crippen molar-refractivity contribution >= 4 is 10.0 Å². The average molecular weight is 263 g/mol. The second-order valence-corrected chi connectivity index (χ2v) is 6.87. The van der Waals surface area contributed by atoms with Crippen molar-refractivity contribution in [3.05, 3.63) is 0 Å².